The van der Waals surface area contributed by atoms with Crippen LogP contribution in [-0.4, -0.2) is 40.0 Å². The highest BCUT2D eigenvalue weighted by molar-refractivity contribution is 5.98. The maximum Gasteiger partial charge on any atom is 0.394 e. The van der Waals surface area contributed by atoms with Gasteiger partial charge in [0, 0.05) is 19.3 Å². The SMILES string of the molecule is [2H]c1nc(CN2CCOc3c([2H])c([2H])c(-c4c([2H])c([2H])c(OC(C)(F)F)c([2H])c4[2H])c([2H])c3C2=O)nc([2H])c1[2H]. The molecule has 0 unspecified atom stereocenters. The zero-order valence-electron chi connectivity index (χ0n) is 25.4. The molecule has 0 saturated carbocycles. The molecule has 0 aliphatic carbocycles. The van der Waals surface area contributed by atoms with Gasteiger partial charge in [-0.1, -0.05) is 18.1 Å². The first-order valence-corrected chi connectivity index (χ1v) is 8.59. The lowest BCUT2D eigenvalue weighted by Crippen LogP contribution is -2.32. The average Bonchev–Trinajstić information content (AvgIpc) is 3.03. The Labute approximate surface area is 186 Å². The predicted octanol–water partition coefficient (Wildman–Crippen LogP) is 4.17. The number of nitrogens with zero attached hydrogens (tertiary/aromatic N) is 3. The van der Waals surface area contributed by atoms with Gasteiger partial charge in [0.05, 0.1) is 32.4 Å². The van der Waals surface area contributed by atoms with Crippen molar-refractivity contribution < 1.29 is 36.8 Å². The van der Waals surface area contributed by atoms with Crippen molar-refractivity contribution in [2.75, 3.05) is 13.2 Å². The van der Waals surface area contributed by atoms with Crippen molar-refractivity contribution in [3.8, 4) is 22.6 Å². The predicted molar refractivity (Wildman–Crippen MR) is 105 cm³/mol. The van der Waals surface area contributed by atoms with Gasteiger partial charge in [-0.05, 0) is 41.3 Å². The minimum Gasteiger partial charge on any atom is -0.491 e. The topological polar surface area (TPSA) is 64.6 Å². The first-order valence-electron chi connectivity index (χ1n) is 13.6. The van der Waals surface area contributed by atoms with Gasteiger partial charge in [-0.2, -0.15) is 8.78 Å². The number of benzene rings is 2. The molecule has 0 fully saturated rings. The molecule has 0 spiro atoms. The first-order chi connectivity index (χ1) is 18.5. The molecule has 30 heavy (non-hydrogen) atoms. The van der Waals surface area contributed by atoms with Crippen LogP contribution < -0.4 is 9.47 Å². The maximum atomic E-state index is 13.6. The number of rotatable bonds is 5. The number of halogens is 2. The fraction of sp³-hybridized carbons (Fsp3) is 0.227. The van der Waals surface area contributed by atoms with E-state index in [1.807, 2.05) is 0 Å². The van der Waals surface area contributed by atoms with Crippen LogP contribution in [0.25, 0.3) is 11.1 Å². The standard InChI is InChI=1S/C22H19F2N3O3/c1-22(23,24)30-17-6-3-15(4-7-17)16-5-8-19-18(13-16)21(28)27(11-12-29-19)14-20-25-9-2-10-26-20/h2-10,13H,11-12,14H2,1H3/i2D,3D,4D,5D,6D,7D,8D,9D,10D,13D. The summed E-state index contributed by atoms with van der Waals surface area (Å²) in [5, 5.41) is 0. The zero-order chi connectivity index (χ0) is 29.8. The Morgan fingerprint density at radius 3 is 2.57 bits per heavy atom. The zero-order valence-corrected chi connectivity index (χ0v) is 15.4. The van der Waals surface area contributed by atoms with Crippen LogP contribution in [0.15, 0.2) is 60.7 Å². The summed E-state index contributed by atoms with van der Waals surface area (Å²) in [6.45, 7) is -0.350. The van der Waals surface area contributed by atoms with Crippen molar-refractivity contribution in [2.45, 2.75) is 19.6 Å². The lowest BCUT2D eigenvalue weighted by Gasteiger charge is -2.19. The molecular weight excluding hydrogens is 392 g/mol. The molecule has 154 valence electrons. The minimum absolute atomic E-state index is 0.125. The van der Waals surface area contributed by atoms with Gasteiger partial charge in [-0.25, -0.2) is 9.97 Å². The van der Waals surface area contributed by atoms with Crippen LogP contribution in [0.4, 0.5) is 8.78 Å². The van der Waals surface area contributed by atoms with E-state index in [0.717, 1.165) is 4.90 Å². The summed E-state index contributed by atoms with van der Waals surface area (Å²) in [6, 6.07) is -6.64. The Bertz CT molecular complexity index is 1520. The van der Waals surface area contributed by atoms with E-state index in [0.29, 0.717) is 6.92 Å². The number of hydrogen-bond donors (Lipinski definition) is 0. The molecule has 0 bridgehead atoms. The highest BCUT2D eigenvalue weighted by atomic mass is 19.3. The van der Waals surface area contributed by atoms with Gasteiger partial charge in [0.25, 0.3) is 5.91 Å². The van der Waals surface area contributed by atoms with Crippen molar-refractivity contribution in [3.05, 3.63) is 72.1 Å². The summed E-state index contributed by atoms with van der Waals surface area (Å²) < 4.78 is 118. The van der Waals surface area contributed by atoms with Gasteiger partial charge in [0.2, 0.25) is 0 Å². The van der Waals surface area contributed by atoms with Crippen LogP contribution in [0.5, 0.6) is 11.5 Å². The van der Waals surface area contributed by atoms with Gasteiger partial charge in [-0.3, -0.25) is 4.79 Å². The normalized spacial score (nSPS) is 18.6. The van der Waals surface area contributed by atoms with Gasteiger partial charge in [0.1, 0.15) is 23.9 Å². The molecule has 1 aliphatic heterocycles. The maximum absolute atomic E-state index is 13.6. The van der Waals surface area contributed by atoms with Gasteiger partial charge >= 0.3 is 6.11 Å². The van der Waals surface area contributed by atoms with E-state index in [2.05, 4.69) is 14.7 Å². The van der Waals surface area contributed by atoms with Gasteiger partial charge < -0.3 is 14.4 Å². The molecular formula is C22H19F2N3O3. The van der Waals surface area contributed by atoms with Crippen molar-refractivity contribution in [1.82, 2.24) is 14.9 Å². The smallest absolute Gasteiger partial charge is 0.394 e. The molecule has 6 nitrogen and oxygen atoms in total. The van der Waals surface area contributed by atoms with Crippen molar-refractivity contribution in [3.63, 3.8) is 0 Å². The Morgan fingerprint density at radius 2 is 1.87 bits per heavy atom. The lowest BCUT2D eigenvalue weighted by molar-refractivity contribution is -0.158. The minimum atomic E-state index is -3.84. The molecule has 2 heterocycles. The van der Waals surface area contributed by atoms with E-state index < -0.39 is 101 Å². The number of carbonyl (C=O) groups is 1. The third kappa shape index (κ3) is 4.53. The number of aromatic nitrogens is 2. The highest BCUT2D eigenvalue weighted by Gasteiger charge is 2.25. The second-order valence-electron chi connectivity index (χ2n) is 6.13. The number of fused-ring (bicyclic) bond motifs is 1. The van der Waals surface area contributed by atoms with E-state index in [-0.39, 0.29) is 25.5 Å². The fourth-order valence-electron chi connectivity index (χ4n) is 2.58. The van der Waals surface area contributed by atoms with Crippen LogP contribution in [0.2, 0.25) is 0 Å². The molecule has 3 aromatic rings. The molecule has 0 saturated heterocycles. The van der Waals surface area contributed by atoms with Crippen LogP contribution in [0.3, 0.4) is 0 Å². The molecule has 8 heteroatoms. The van der Waals surface area contributed by atoms with Crippen molar-refractivity contribution >= 4 is 5.91 Å². The van der Waals surface area contributed by atoms with Crippen LogP contribution >= 0.6 is 0 Å². The largest absolute Gasteiger partial charge is 0.491 e. The summed E-state index contributed by atoms with van der Waals surface area (Å²) in [6.07, 6.45) is -4.92. The summed E-state index contributed by atoms with van der Waals surface area (Å²) in [4.78, 5) is 22.2. The second-order valence-corrected chi connectivity index (χ2v) is 6.13. The Balaban J connectivity index is 1.90. The Morgan fingerprint density at radius 1 is 1.17 bits per heavy atom. The summed E-state index contributed by atoms with van der Waals surface area (Å²) in [5.74, 6) is -2.56. The Kier molecular flexibility index (Phi) is 2.96. The van der Waals surface area contributed by atoms with Crippen LogP contribution in [0.1, 0.15) is 36.8 Å². The molecule has 1 amide bonds. The molecule has 0 radical (unpaired) electrons. The van der Waals surface area contributed by atoms with Crippen molar-refractivity contribution in [1.29, 1.82) is 0 Å². The average molecular weight is 421 g/mol. The van der Waals surface area contributed by atoms with E-state index in [1.54, 1.807) is 0 Å². The quantitative estimate of drug-likeness (QED) is 0.619. The van der Waals surface area contributed by atoms with E-state index in [1.165, 1.54) is 0 Å². The van der Waals surface area contributed by atoms with Crippen LogP contribution in [-0.2, 0) is 6.54 Å². The highest BCUT2D eigenvalue weighted by Crippen LogP contribution is 2.31. The Hall–Kier alpha value is -3.55. The molecule has 0 atom stereocenters. The molecule has 2 aromatic carbocycles. The number of carbonyl (C=O) groups excluding carboxylic acids is 1. The fourth-order valence-corrected chi connectivity index (χ4v) is 2.58. The third-order valence-electron chi connectivity index (χ3n) is 3.83. The molecule has 4 rings (SSSR count). The lowest BCUT2D eigenvalue weighted by atomic mass is 10.0. The first kappa shape index (κ1) is 11.0. The number of amides is 1. The van der Waals surface area contributed by atoms with Crippen molar-refractivity contribution in [2.24, 2.45) is 0 Å². The number of ether oxygens (including phenoxy) is 2. The van der Waals surface area contributed by atoms with E-state index >= 15 is 0 Å². The molecule has 1 aliphatic rings. The van der Waals surface area contributed by atoms with E-state index in [9.17, 15) is 13.6 Å². The number of alkyl halides is 2. The summed E-state index contributed by atoms with van der Waals surface area (Å²) >= 11 is 0. The van der Waals surface area contributed by atoms with Crippen LogP contribution in [0, 0.1) is 0 Å². The molecule has 1 aromatic heterocycles. The number of hydrogen-bond acceptors (Lipinski definition) is 5. The summed E-state index contributed by atoms with van der Waals surface area (Å²) in [5.41, 5.74) is -1.85. The molecule has 0 N–H and O–H groups in total. The van der Waals surface area contributed by atoms with Gasteiger partial charge in [-0.15, -0.1) is 0 Å². The summed E-state index contributed by atoms with van der Waals surface area (Å²) in [7, 11) is 0. The monoisotopic (exact) mass is 421 g/mol. The van der Waals surface area contributed by atoms with E-state index in [4.69, 9.17) is 18.4 Å². The van der Waals surface area contributed by atoms with Gasteiger partial charge in [0.15, 0.2) is 0 Å². The third-order valence-corrected chi connectivity index (χ3v) is 3.83. The second kappa shape index (κ2) is 8.06.